The van der Waals surface area contributed by atoms with Gasteiger partial charge in [0, 0.05) is 17.1 Å². The van der Waals surface area contributed by atoms with Crippen molar-refractivity contribution < 1.29 is 0 Å². The zero-order chi connectivity index (χ0) is 10.0. The Morgan fingerprint density at radius 2 is 1.92 bits per heavy atom. The summed E-state index contributed by atoms with van der Waals surface area (Å²) in [6.07, 6.45) is 0. The van der Waals surface area contributed by atoms with Crippen LogP contribution in [0.25, 0.3) is 0 Å². The first-order valence-corrected chi connectivity index (χ1v) is 5.08. The molecule has 0 saturated heterocycles. The Labute approximate surface area is 87.4 Å². The van der Waals surface area contributed by atoms with Crippen molar-refractivity contribution in [1.82, 2.24) is 0 Å². The number of halogens is 1. The van der Waals surface area contributed by atoms with E-state index >= 15 is 0 Å². The van der Waals surface area contributed by atoms with E-state index in [1.165, 1.54) is 11.1 Å². The summed E-state index contributed by atoms with van der Waals surface area (Å²) in [6.45, 7) is 4.59. The second-order valence-corrected chi connectivity index (χ2v) is 4.15. The van der Waals surface area contributed by atoms with E-state index in [-0.39, 0.29) is 6.04 Å². The summed E-state index contributed by atoms with van der Waals surface area (Å²) < 4.78 is 1.12. The molecule has 1 aromatic carbocycles. The Kier molecular flexibility index (Phi) is 3.47. The molecule has 0 heterocycles. The minimum atomic E-state index is -0.0493. The van der Waals surface area contributed by atoms with Crippen LogP contribution in [0.2, 0.25) is 0 Å². The molecule has 0 aliphatic rings. The molecule has 1 rings (SSSR count). The van der Waals surface area contributed by atoms with E-state index in [2.05, 4.69) is 41.9 Å². The minimum absolute atomic E-state index is 0.0493. The SMILES string of the molecule is Cc1cc([C@H](N)CN)c(C)cc1Br. The van der Waals surface area contributed by atoms with Crippen LogP contribution in [0.1, 0.15) is 22.7 Å². The average Bonchev–Trinajstić information content (AvgIpc) is 2.10. The maximum absolute atomic E-state index is 5.87. The Balaban J connectivity index is 3.15. The zero-order valence-corrected chi connectivity index (χ0v) is 9.56. The lowest BCUT2D eigenvalue weighted by molar-refractivity contribution is 0.730. The molecule has 0 saturated carbocycles. The number of aryl methyl sites for hydroxylation is 2. The summed E-state index contributed by atoms with van der Waals surface area (Å²) in [7, 11) is 0. The maximum Gasteiger partial charge on any atom is 0.0422 e. The van der Waals surface area contributed by atoms with Crippen molar-refractivity contribution in [3.8, 4) is 0 Å². The van der Waals surface area contributed by atoms with Crippen molar-refractivity contribution in [2.24, 2.45) is 11.5 Å². The van der Waals surface area contributed by atoms with Crippen LogP contribution in [0, 0.1) is 13.8 Å². The fourth-order valence-electron chi connectivity index (χ4n) is 1.33. The summed E-state index contributed by atoms with van der Waals surface area (Å²) in [5, 5.41) is 0. The normalized spacial score (nSPS) is 13.0. The zero-order valence-electron chi connectivity index (χ0n) is 7.97. The van der Waals surface area contributed by atoms with Gasteiger partial charge in [0.05, 0.1) is 0 Å². The van der Waals surface area contributed by atoms with Crippen molar-refractivity contribution in [1.29, 1.82) is 0 Å². The average molecular weight is 243 g/mol. The Morgan fingerprint density at radius 3 is 2.46 bits per heavy atom. The van der Waals surface area contributed by atoms with Crippen LogP contribution in [-0.4, -0.2) is 6.54 Å². The quantitative estimate of drug-likeness (QED) is 0.834. The Hall–Kier alpha value is -0.380. The largest absolute Gasteiger partial charge is 0.329 e. The first-order valence-electron chi connectivity index (χ1n) is 4.28. The predicted molar refractivity (Wildman–Crippen MR) is 59.6 cm³/mol. The molecule has 0 fully saturated rings. The molecule has 0 aliphatic heterocycles. The second kappa shape index (κ2) is 4.22. The Morgan fingerprint density at radius 1 is 1.31 bits per heavy atom. The van der Waals surface area contributed by atoms with Gasteiger partial charge in [-0.2, -0.15) is 0 Å². The van der Waals surface area contributed by atoms with Gasteiger partial charge < -0.3 is 11.5 Å². The smallest absolute Gasteiger partial charge is 0.0422 e. The van der Waals surface area contributed by atoms with E-state index in [4.69, 9.17) is 11.5 Å². The molecule has 4 N–H and O–H groups in total. The first-order chi connectivity index (χ1) is 6.06. The van der Waals surface area contributed by atoms with Gasteiger partial charge >= 0.3 is 0 Å². The van der Waals surface area contributed by atoms with Gasteiger partial charge in [-0.1, -0.05) is 22.0 Å². The standard InChI is InChI=1S/C10H15BrN2/c1-6-4-9(11)7(2)3-8(6)10(13)5-12/h3-4,10H,5,12-13H2,1-2H3/t10-/m1/s1. The molecular weight excluding hydrogens is 228 g/mol. The summed E-state index contributed by atoms with van der Waals surface area (Å²) >= 11 is 3.48. The fourth-order valence-corrected chi connectivity index (χ4v) is 1.79. The molecule has 0 radical (unpaired) electrons. The molecule has 0 amide bonds. The summed E-state index contributed by atoms with van der Waals surface area (Å²) in [6, 6.07) is 4.13. The van der Waals surface area contributed by atoms with Crippen molar-refractivity contribution in [3.05, 3.63) is 33.3 Å². The van der Waals surface area contributed by atoms with Crippen LogP contribution in [0.3, 0.4) is 0 Å². The van der Waals surface area contributed by atoms with Gasteiger partial charge in [0.1, 0.15) is 0 Å². The van der Waals surface area contributed by atoms with Crippen LogP contribution in [0.5, 0.6) is 0 Å². The third-order valence-electron chi connectivity index (χ3n) is 2.20. The number of hydrogen-bond donors (Lipinski definition) is 2. The van der Waals surface area contributed by atoms with Crippen molar-refractivity contribution >= 4 is 15.9 Å². The lowest BCUT2D eigenvalue weighted by Gasteiger charge is -2.14. The van der Waals surface area contributed by atoms with E-state index < -0.39 is 0 Å². The highest BCUT2D eigenvalue weighted by atomic mass is 79.9. The maximum atomic E-state index is 5.87. The molecule has 3 heteroatoms. The van der Waals surface area contributed by atoms with Gasteiger partial charge in [0.25, 0.3) is 0 Å². The molecular formula is C10H15BrN2. The number of nitrogens with two attached hydrogens (primary N) is 2. The van der Waals surface area contributed by atoms with Gasteiger partial charge in [0.15, 0.2) is 0 Å². The Bertz CT molecular complexity index is 310. The number of benzene rings is 1. The molecule has 13 heavy (non-hydrogen) atoms. The lowest BCUT2D eigenvalue weighted by Crippen LogP contribution is -2.21. The van der Waals surface area contributed by atoms with Gasteiger partial charge in [-0.3, -0.25) is 0 Å². The molecule has 72 valence electrons. The van der Waals surface area contributed by atoms with Crippen LogP contribution in [0.4, 0.5) is 0 Å². The summed E-state index contributed by atoms with van der Waals surface area (Å²) in [4.78, 5) is 0. The highest BCUT2D eigenvalue weighted by molar-refractivity contribution is 9.10. The molecule has 2 nitrogen and oxygen atoms in total. The van der Waals surface area contributed by atoms with E-state index in [1.807, 2.05) is 0 Å². The summed E-state index contributed by atoms with van der Waals surface area (Å²) in [5.74, 6) is 0. The molecule has 0 unspecified atom stereocenters. The molecule has 1 atom stereocenters. The monoisotopic (exact) mass is 242 g/mol. The first kappa shape index (κ1) is 10.7. The second-order valence-electron chi connectivity index (χ2n) is 3.30. The highest BCUT2D eigenvalue weighted by Gasteiger charge is 2.08. The number of rotatable bonds is 2. The van der Waals surface area contributed by atoms with E-state index in [9.17, 15) is 0 Å². The topological polar surface area (TPSA) is 52.0 Å². The van der Waals surface area contributed by atoms with Crippen LogP contribution >= 0.6 is 15.9 Å². The third-order valence-corrected chi connectivity index (χ3v) is 3.06. The lowest BCUT2D eigenvalue weighted by atomic mass is 10.00. The highest BCUT2D eigenvalue weighted by Crippen LogP contribution is 2.23. The molecule has 0 aromatic heterocycles. The van der Waals surface area contributed by atoms with Crippen molar-refractivity contribution in [2.45, 2.75) is 19.9 Å². The van der Waals surface area contributed by atoms with E-state index in [1.54, 1.807) is 0 Å². The third kappa shape index (κ3) is 2.30. The van der Waals surface area contributed by atoms with Crippen LogP contribution in [0.15, 0.2) is 16.6 Å². The summed E-state index contributed by atoms with van der Waals surface area (Å²) in [5.41, 5.74) is 14.9. The fraction of sp³-hybridized carbons (Fsp3) is 0.400. The number of hydrogen-bond acceptors (Lipinski definition) is 2. The van der Waals surface area contributed by atoms with Gasteiger partial charge in [-0.25, -0.2) is 0 Å². The van der Waals surface area contributed by atoms with Gasteiger partial charge in [0.2, 0.25) is 0 Å². The van der Waals surface area contributed by atoms with Crippen LogP contribution in [-0.2, 0) is 0 Å². The van der Waals surface area contributed by atoms with E-state index in [0.717, 1.165) is 10.0 Å². The van der Waals surface area contributed by atoms with Gasteiger partial charge in [-0.05, 0) is 36.6 Å². The van der Waals surface area contributed by atoms with Crippen molar-refractivity contribution in [2.75, 3.05) is 6.54 Å². The molecule has 0 spiro atoms. The molecule has 0 aliphatic carbocycles. The minimum Gasteiger partial charge on any atom is -0.329 e. The predicted octanol–water partition coefficient (Wildman–Crippen LogP) is 2.02. The van der Waals surface area contributed by atoms with Gasteiger partial charge in [-0.15, -0.1) is 0 Å². The molecule has 1 aromatic rings. The molecule has 0 bridgehead atoms. The van der Waals surface area contributed by atoms with Crippen LogP contribution < -0.4 is 11.5 Å². The van der Waals surface area contributed by atoms with Crippen molar-refractivity contribution in [3.63, 3.8) is 0 Å². The van der Waals surface area contributed by atoms with E-state index in [0.29, 0.717) is 6.54 Å².